The van der Waals surface area contributed by atoms with Gasteiger partial charge in [0.1, 0.15) is 6.10 Å². The predicted molar refractivity (Wildman–Crippen MR) is 60.4 cm³/mol. The van der Waals surface area contributed by atoms with E-state index in [-0.39, 0.29) is 17.2 Å². The average Bonchev–Trinajstić information content (AvgIpc) is 2.60. The molecule has 1 saturated heterocycles. The minimum absolute atomic E-state index is 0.00202. The van der Waals surface area contributed by atoms with Crippen LogP contribution < -0.4 is 5.32 Å². The molecule has 1 N–H and O–H groups in total. The van der Waals surface area contributed by atoms with E-state index in [0.29, 0.717) is 13.2 Å². The molecule has 1 fully saturated rings. The molecule has 0 aromatic carbocycles. The van der Waals surface area contributed by atoms with Crippen LogP contribution in [0, 0.1) is 5.82 Å². The fourth-order valence-corrected chi connectivity index (χ4v) is 1.68. The Morgan fingerprint density at radius 1 is 1.65 bits per heavy atom. The van der Waals surface area contributed by atoms with Gasteiger partial charge in [-0.2, -0.15) is 4.98 Å². The van der Waals surface area contributed by atoms with Crippen molar-refractivity contribution >= 4 is 17.4 Å². The lowest BCUT2D eigenvalue weighted by molar-refractivity contribution is -0.136. The molecule has 1 aromatic heterocycles. The molecule has 5 nitrogen and oxygen atoms in total. The van der Waals surface area contributed by atoms with Crippen LogP contribution in [0.4, 0.5) is 10.2 Å². The number of hydrogen-bond acceptors (Lipinski definition) is 5. The summed E-state index contributed by atoms with van der Waals surface area (Å²) in [6.45, 7) is 4.51. The Morgan fingerprint density at radius 2 is 2.41 bits per heavy atom. The van der Waals surface area contributed by atoms with Crippen LogP contribution in [0.1, 0.15) is 13.8 Å². The summed E-state index contributed by atoms with van der Waals surface area (Å²) in [5.41, 5.74) is 0. The van der Waals surface area contributed by atoms with Gasteiger partial charge >= 0.3 is 0 Å². The molecular weight excluding hydrogens is 249 g/mol. The van der Waals surface area contributed by atoms with Crippen molar-refractivity contribution in [3.8, 4) is 0 Å². The van der Waals surface area contributed by atoms with Gasteiger partial charge in [-0.1, -0.05) is 0 Å². The fourth-order valence-electron chi connectivity index (χ4n) is 1.54. The van der Waals surface area contributed by atoms with Crippen molar-refractivity contribution in [3.63, 3.8) is 0 Å². The van der Waals surface area contributed by atoms with Crippen LogP contribution >= 0.6 is 11.6 Å². The first-order valence-corrected chi connectivity index (χ1v) is 5.58. The molecule has 0 radical (unpaired) electrons. The molecule has 1 aliphatic heterocycles. The topological polar surface area (TPSA) is 56.3 Å². The van der Waals surface area contributed by atoms with Crippen molar-refractivity contribution in [2.24, 2.45) is 0 Å². The Balaban J connectivity index is 1.92. The van der Waals surface area contributed by atoms with Crippen LogP contribution in [0.2, 0.25) is 5.28 Å². The van der Waals surface area contributed by atoms with Crippen LogP contribution in [0.25, 0.3) is 0 Å². The lowest BCUT2D eigenvalue weighted by Crippen LogP contribution is -2.26. The summed E-state index contributed by atoms with van der Waals surface area (Å²) in [5, 5.41) is 2.82. The first kappa shape index (κ1) is 12.5. The van der Waals surface area contributed by atoms with Crippen molar-refractivity contribution in [3.05, 3.63) is 17.3 Å². The zero-order valence-corrected chi connectivity index (χ0v) is 10.3. The number of ether oxygens (including phenoxy) is 2. The maximum Gasteiger partial charge on any atom is 0.224 e. The Kier molecular flexibility index (Phi) is 3.46. The van der Waals surface area contributed by atoms with Crippen LogP contribution in [0.3, 0.4) is 0 Å². The van der Waals surface area contributed by atoms with Gasteiger partial charge in [0.05, 0.1) is 12.8 Å². The molecule has 7 heteroatoms. The van der Waals surface area contributed by atoms with Gasteiger partial charge in [0.25, 0.3) is 0 Å². The Morgan fingerprint density at radius 3 is 3.06 bits per heavy atom. The molecule has 0 aliphatic carbocycles. The summed E-state index contributed by atoms with van der Waals surface area (Å²) in [4.78, 5) is 7.27. The summed E-state index contributed by atoms with van der Waals surface area (Å²) < 4.78 is 24.2. The van der Waals surface area contributed by atoms with Crippen molar-refractivity contribution < 1.29 is 13.9 Å². The summed E-state index contributed by atoms with van der Waals surface area (Å²) in [5.74, 6) is -1.07. The van der Waals surface area contributed by atoms with Crippen molar-refractivity contribution in [1.82, 2.24) is 9.97 Å². The normalized spacial score (nSPS) is 22.7. The largest absolute Gasteiger partial charge is 0.365 e. The van der Waals surface area contributed by atoms with Crippen LogP contribution in [0.5, 0.6) is 0 Å². The number of hydrogen-bond donors (Lipinski definition) is 1. The molecule has 0 saturated carbocycles. The molecule has 1 atom stereocenters. The highest BCUT2D eigenvalue weighted by Gasteiger charge is 2.32. The van der Waals surface area contributed by atoms with E-state index in [1.54, 1.807) is 0 Å². The number of anilines is 1. The molecule has 0 amide bonds. The molecular formula is C10H13ClFN3O2. The number of aromatic nitrogens is 2. The molecule has 0 bridgehead atoms. The quantitative estimate of drug-likeness (QED) is 0.842. The Labute approximate surface area is 103 Å². The standard InChI is InChI=1S/C10H13ClFN3O2/c1-10(2)16-5-6(17-10)3-13-8-7(12)4-14-9(11)15-8/h4,6H,3,5H2,1-2H3,(H,13,14,15). The third kappa shape index (κ3) is 3.24. The fraction of sp³-hybridized carbons (Fsp3) is 0.600. The average molecular weight is 262 g/mol. The molecule has 1 unspecified atom stereocenters. The number of nitrogens with one attached hydrogen (secondary N) is 1. The van der Waals surface area contributed by atoms with E-state index in [2.05, 4.69) is 15.3 Å². The van der Waals surface area contributed by atoms with E-state index in [0.717, 1.165) is 6.20 Å². The molecule has 1 aromatic rings. The van der Waals surface area contributed by atoms with Gasteiger partial charge < -0.3 is 14.8 Å². The van der Waals surface area contributed by atoms with Crippen LogP contribution in [0.15, 0.2) is 6.20 Å². The van der Waals surface area contributed by atoms with Gasteiger partial charge in [0, 0.05) is 6.54 Å². The van der Waals surface area contributed by atoms with E-state index in [4.69, 9.17) is 21.1 Å². The maximum absolute atomic E-state index is 13.3. The molecule has 1 aliphatic rings. The van der Waals surface area contributed by atoms with E-state index in [1.165, 1.54) is 0 Å². The lowest BCUT2D eigenvalue weighted by atomic mass is 10.3. The van der Waals surface area contributed by atoms with Crippen molar-refractivity contribution in [2.45, 2.75) is 25.7 Å². The molecule has 2 heterocycles. The highest BCUT2D eigenvalue weighted by molar-refractivity contribution is 6.28. The van der Waals surface area contributed by atoms with E-state index in [1.807, 2.05) is 13.8 Å². The van der Waals surface area contributed by atoms with Crippen LogP contribution in [-0.2, 0) is 9.47 Å². The first-order valence-electron chi connectivity index (χ1n) is 5.20. The minimum Gasteiger partial charge on any atom is -0.365 e. The highest BCUT2D eigenvalue weighted by Crippen LogP contribution is 2.22. The minimum atomic E-state index is -0.589. The molecule has 2 rings (SSSR count). The third-order valence-corrected chi connectivity index (χ3v) is 2.46. The second-order valence-electron chi connectivity index (χ2n) is 4.17. The monoisotopic (exact) mass is 261 g/mol. The summed E-state index contributed by atoms with van der Waals surface area (Å²) in [7, 11) is 0. The zero-order valence-electron chi connectivity index (χ0n) is 9.54. The Bertz CT molecular complexity index is 417. The van der Waals surface area contributed by atoms with Gasteiger partial charge in [0.15, 0.2) is 17.4 Å². The molecule has 17 heavy (non-hydrogen) atoms. The van der Waals surface area contributed by atoms with Gasteiger partial charge in [-0.05, 0) is 25.4 Å². The SMILES string of the molecule is CC1(C)OCC(CNc2nc(Cl)ncc2F)O1. The van der Waals surface area contributed by atoms with Crippen molar-refractivity contribution in [2.75, 3.05) is 18.5 Å². The number of rotatable bonds is 3. The first-order chi connectivity index (χ1) is 7.96. The summed E-state index contributed by atoms with van der Waals surface area (Å²) in [6.07, 6.45) is 0.881. The Hall–Kier alpha value is -0.980. The zero-order chi connectivity index (χ0) is 12.5. The third-order valence-electron chi connectivity index (χ3n) is 2.28. The second kappa shape index (κ2) is 4.72. The molecule has 0 spiro atoms. The predicted octanol–water partition coefficient (Wildman–Crippen LogP) is 1.83. The second-order valence-corrected chi connectivity index (χ2v) is 4.51. The van der Waals surface area contributed by atoms with E-state index < -0.39 is 11.6 Å². The number of nitrogens with zero attached hydrogens (tertiary/aromatic N) is 2. The smallest absolute Gasteiger partial charge is 0.224 e. The van der Waals surface area contributed by atoms with E-state index in [9.17, 15) is 4.39 Å². The molecule has 94 valence electrons. The summed E-state index contributed by atoms with van der Waals surface area (Å²) in [6, 6.07) is 0. The van der Waals surface area contributed by atoms with E-state index >= 15 is 0 Å². The van der Waals surface area contributed by atoms with Gasteiger partial charge in [-0.15, -0.1) is 0 Å². The van der Waals surface area contributed by atoms with Gasteiger partial charge in [0.2, 0.25) is 5.28 Å². The van der Waals surface area contributed by atoms with Crippen molar-refractivity contribution in [1.29, 1.82) is 0 Å². The van der Waals surface area contributed by atoms with Gasteiger partial charge in [-0.3, -0.25) is 0 Å². The van der Waals surface area contributed by atoms with Gasteiger partial charge in [-0.25, -0.2) is 9.37 Å². The maximum atomic E-state index is 13.3. The number of halogens is 2. The summed E-state index contributed by atoms with van der Waals surface area (Å²) >= 11 is 5.57. The highest BCUT2D eigenvalue weighted by atomic mass is 35.5. The van der Waals surface area contributed by atoms with Crippen LogP contribution in [-0.4, -0.2) is 35.0 Å². The lowest BCUT2D eigenvalue weighted by Gasteiger charge is -2.17.